The Balaban J connectivity index is 2.17. The van der Waals surface area contributed by atoms with Crippen LogP contribution in [0.5, 0.6) is 0 Å². The number of nitriles is 1. The van der Waals surface area contributed by atoms with E-state index in [1.807, 2.05) is 12.1 Å². The maximum atomic E-state index is 12.5. The molecule has 0 atom stereocenters. The third-order valence-electron chi connectivity index (χ3n) is 2.97. The normalized spacial score (nSPS) is 9.90. The molecule has 0 aliphatic rings. The van der Waals surface area contributed by atoms with E-state index in [1.54, 1.807) is 41.6 Å². The molecule has 0 bridgehead atoms. The van der Waals surface area contributed by atoms with Crippen LogP contribution in [0.25, 0.3) is 0 Å². The van der Waals surface area contributed by atoms with Crippen LogP contribution in [0.1, 0.15) is 22.3 Å². The highest BCUT2D eigenvalue weighted by Gasteiger charge is 2.15. The molecule has 0 fully saturated rings. The average Bonchev–Trinajstić information content (AvgIpc) is 2.52. The van der Waals surface area contributed by atoms with E-state index in [-0.39, 0.29) is 5.91 Å². The largest absolute Gasteiger partial charge is 0.333 e. The van der Waals surface area contributed by atoms with Gasteiger partial charge >= 0.3 is 0 Å². The lowest BCUT2D eigenvalue weighted by Gasteiger charge is -2.21. The molecular weight excluding hydrogens is 286 g/mol. The molecule has 4 nitrogen and oxygen atoms in total. The summed E-state index contributed by atoms with van der Waals surface area (Å²) < 4.78 is 0. The minimum absolute atomic E-state index is 0.120. The monoisotopic (exact) mass is 299 g/mol. The van der Waals surface area contributed by atoms with E-state index in [4.69, 9.17) is 16.9 Å². The Labute approximate surface area is 128 Å². The van der Waals surface area contributed by atoms with Crippen molar-refractivity contribution in [2.45, 2.75) is 13.0 Å². The zero-order chi connectivity index (χ0) is 15.1. The van der Waals surface area contributed by atoms with Crippen LogP contribution in [0.15, 0.2) is 48.8 Å². The summed E-state index contributed by atoms with van der Waals surface area (Å²) in [6, 6.07) is 12.5. The Kier molecular flexibility index (Phi) is 5.30. The van der Waals surface area contributed by atoms with E-state index in [0.29, 0.717) is 30.1 Å². The topological polar surface area (TPSA) is 57.0 Å². The number of amides is 1. The van der Waals surface area contributed by atoms with E-state index in [1.165, 1.54) is 0 Å². The Bertz CT molecular complexity index is 635. The van der Waals surface area contributed by atoms with Gasteiger partial charge in [0.05, 0.1) is 12.5 Å². The van der Waals surface area contributed by atoms with Crippen molar-refractivity contribution < 1.29 is 4.79 Å². The second-order valence-electron chi connectivity index (χ2n) is 4.50. The van der Waals surface area contributed by atoms with Crippen molar-refractivity contribution in [1.82, 2.24) is 9.88 Å². The van der Waals surface area contributed by atoms with Gasteiger partial charge in [-0.15, -0.1) is 0 Å². The first kappa shape index (κ1) is 15.0. The van der Waals surface area contributed by atoms with Crippen molar-refractivity contribution in [3.63, 3.8) is 0 Å². The van der Waals surface area contributed by atoms with Crippen LogP contribution in [0.3, 0.4) is 0 Å². The lowest BCUT2D eigenvalue weighted by atomic mass is 10.1. The molecule has 0 radical (unpaired) electrons. The van der Waals surface area contributed by atoms with Gasteiger partial charge in [-0.2, -0.15) is 5.26 Å². The summed E-state index contributed by atoms with van der Waals surface area (Å²) in [6.07, 6.45) is 3.69. The standard InChI is InChI=1S/C16H14ClN3O/c17-15-6-4-14(5-7-15)16(21)20(10-2-8-18)12-13-3-1-9-19-11-13/h1,3-7,9,11H,2,10,12H2. The van der Waals surface area contributed by atoms with Gasteiger partial charge in [-0.05, 0) is 35.9 Å². The lowest BCUT2D eigenvalue weighted by molar-refractivity contribution is 0.0747. The molecule has 0 aliphatic heterocycles. The average molecular weight is 300 g/mol. The predicted octanol–water partition coefficient (Wildman–Crippen LogP) is 3.29. The minimum atomic E-state index is -0.120. The second-order valence-corrected chi connectivity index (χ2v) is 4.94. The quantitative estimate of drug-likeness (QED) is 0.851. The highest BCUT2D eigenvalue weighted by molar-refractivity contribution is 6.30. The lowest BCUT2D eigenvalue weighted by Crippen LogP contribution is -2.31. The first-order chi connectivity index (χ1) is 10.2. The molecule has 0 aliphatic carbocycles. The molecule has 1 aromatic carbocycles. The van der Waals surface area contributed by atoms with Crippen molar-refractivity contribution >= 4 is 17.5 Å². The molecule has 0 N–H and O–H groups in total. The highest BCUT2D eigenvalue weighted by Crippen LogP contribution is 2.13. The van der Waals surface area contributed by atoms with Gasteiger partial charge in [0, 0.05) is 36.1 Å². The van der Waals surface area contributed by atoms with E-state index in [0.717, 1.165) is 5.56 Å². The summed E-state index contributed by atoms with van der Waals surface area (Å²) in [5, 5.41) is 9.34. The number of pyridine rings is 1. The Hall–Kier alpha value is -2.38. The molecule has 5 heteroatoms. The van der Waals surface area contributed by atoms with Gasteiger partial charge in [-0.1, -0.05) is 17.7 Å². The molecule has 0 saturated carbocycles. The zero-order valence-corrected chi connectivity index (χ0v) is 12.1. The van der Waals surface area contributed by atoms with Gasteiger partial charge in [0.1, 0.15) is 0 Å². The van der Waals surface area contributed by atoms with Crippen LogP contribution in [0, 0.1) is 11.3 Å². The fourth-order valence-corrected chi connectivity index (χ4v) is 2.05. The van der Waals surface area contributed by atoms with E-state index >= 15 is 0 Å². The number of aromatic nitrogens is 1. The van der Waals surface area contributed by atoms with Crippen molar-refractivity contribution in [2.75, 3.05) is 6.54 Å². The molecule has 0 saturated heterocycles. The minimum Gasteiger partial charge on any atom is -0.333 e. The first-order valence-corrected chi connectivity index (χ1v) is 6.89. The van der Waals surface area contributed by atoms with E-state index in [9.17, 15) is 4.79 Å². The number of carbonyl (C=O) groups is 1. The van der Waals surface area contributed by atoms with Crippen LogP contribution in [0.4, 0.5) is 0 Å². The Morgan fingerprint density at radius 1 is 1.29 bits per heavy atom. The molecule has 0 unspecified atom stereocenters. The summed E-state index contributed by atoms with van der Waals surface area (Å²) in [6.45, 7) is 0.809. The van der Waals surface area contributed by atoms with Gasteiger partial charge in [0.2, 0.25) is 0 Å². The van der Waals surface area contributed by atoms with E-state index < -0.39 is 0 Å². The highest BCUT2D eigenvalue weighted by atomic mass is 35.5. The van der Waals surface area contributed by atoms with Gasteiger partial charge in [-0.25, -0.2) is 0 Å². The number of carbonyl (C=O) groups excluding carboxylic acids is 1. The molecular formula is C16H14ClN3O. The smallest absolute Gasteiger partial charge is 0.254 e. The number of hydrogen-bond acceptors (Lipinski definition) is 3. The van der Waals surface area contributed by atoms with Crippen molar-refractivity contribution in [1.29, 1.82) is 5.26 Å². The van der Waals surface area contributed by atoms with Crippen molar-refractivity contribution in [3.8, 4) is 6.07 Å². The molecule has 0 spiro atoms. The van der Waals surface area contributed by atoms with Gasteiger partial charge in [0.25, 0.3) is 5.91 Å². The summed E-state index contributed by atoms with van der Waals surface area (Å²) in [7, 11) is 0. The predicted molar refractivity (Wildman–Crippen MR) is 80.7 cm³/mol. The maximum Gasteiger partial charge on any atom is 0.254 e. The van der Waals surface area contributed by atoms with Crippen LogP contribution in [0.2, 0.25) is 5.02 Å². The van der Waals surface area contributed by atoms with Crippen LogP contribution in [-0.2, 0) is 6.54 Å². The van der Waals surface area contributed by atoms with Gasteiger partial charge in [-0.3, -0.25) is 9.78 Å². The number of nitrogens with zero attached hydrogens (tertiary/aromatic N) is 3. The molecule has 106 valence electrons. The van der Waals surface area contributed by atoms with Crippen LogP contribution >= 0.6 is 11.6 Å². The Morgan fingerprint density at radius 2 is 2.05 bits per heavy atom. The van der Waals surface area contributed by atoms with Gasteiger partial charge in [0.15, 0.2) is 0 Å². The first-order valence-electron chi connectivity index (χ1n) is 6.51. The van der Waals surface area contributed by atoms with Crippen molar-refractivity contribution in [3.05, 3.63) is 64.9 Å². The SMILES string of the molecule is N#CCCN(Cc1cccnc1)C(=O)c1ccc(Cl)cc1. The molecule has 1 aromatic heterocycles. The summed E-state index contributed by atoms with van der Waals surface area (Å²) >= 11 is 5.83. The number of benzene rings is 1. The molecule has 1 heterocycles. The molecule has 21 heavy (non-hydrogen) atoms. The fraction of sp³-hybridized carbons (Fsp3) is 0.188. The molecule has 2 aromatic rings. The van der Waals surface area contributed by atoms with Crippen LogP contribution in [-0.4, -0.2) is 22.3 Å². The number of halogens is 1. The summed E-state index contributed by atoms with van der Waals surface area (Å²) in [5.74, 6) is -0.120. The maximum absolute atomic E-state index is 12.5. The fourth-order valence-electron chi connectivity index (χ4n) is 1.92. The zero-order valence-electron chi connectivity index (χ0n) is 11.4. The molecule has 2 rings (SSSR count). The number of hydrogen-bond donors (Lipinski definition) is 0. The Morgan fingerprint density at radius 3 is 2.67 bits per heavy atom. The second kappa shape index (κ2) is 7.41. The van der Waals surface area contributed by atoms with Crippen molar-refractivity contribution in [2.24, 2.45) is 0 Å². The number of rotatable bonds is 5. The summed E-state index contributed by atoms with van der Waals surface area (Å²) in [5.41, 5.74) is 1.49. The third kappa shape index (κ3) is 4.30. The third-order valence-corrected chi connectivity index (χ3v) is 3.22. The van der Waals surface area contributed by atoms with Gasteiger partial charge < -0.3 is 4.90 Å². The molecule has 1 amide bonds. The van der Waals surface area contributed by atoms with E-state index in [2.05, 4.69) is 11.1 Å². The van der Waals surface area contributed by atoms with Crippen LogP contribution < -0.4 is 0 Å². The summed E-state index contributed by atoms with van der Waals surface area (Å²) in [4.78, 5) is 18.2.